The predicted molar refractivity (Wildman–Crippen MR) is 73.8 cm³/mol. The van der Waals surface area contributed by atoms with Crippen LogP contribution in [0, 0.1) is 6.92 Å². The van der Waals surface area contributed by atoms with E-state index in [0.717, 1.165) is 16.4 Å². The molecule has 1 aromatic carbocycles. The molecule has 0 aliphatic rings. The fraction of sp³-hybridized carbons (Fsp3) is 0.167. The first-order valence-corrected chi connectivity index (χ1v) is 6.33. The van der Waals surface area contributed by atoms with Crippen LogP contribution < -0.4 is 16.4 Å². The second kappa shape index (κ2) is 5.50. The number of rotatable bonds is 4. The van der Waals surface area contributed by atoms with Gasteiger partial charge in [0.15, 0.2) is 0 Å². The summed E-state index contributed by atoms with van der Waals surface area (Å²) in [5.74, 6) is 0. The highest BCUT2D eigenvalue weighted by Crippen LogP contribution is 2.16. The van der Waals surface area contributed by atoms with Crippen LogP contribution >= 0.6 is 11.3 Å². The first-order valence-electron chi connectivity index (χ1n) is 5.45. The van der Waals surface area contributed by atoms with E-state index in [9.17, 15) is 4.79 Å². The van der Waals surface area contributed by atoms with Crippen molar-refractivity contribution >= 4 is 28.7 Å². The zero-order chi connectivity index (χ0) is 13.0. The lowest BCUT2D eigenvalue weighted by Gasteiger charge is -2.07. The molecule has 4 N–H and O–H groups in total. The average molecular weight is 262 g/mol. The van der Waals surface area contributed by atoms with Crippen molar-refractivity contribution in [2.45, 2.75) is 13.5 Å². The van der Waals surface area contributed by atoms with Crippen LogP contribution in [0.1, 0.15) is 10.7 Å². The Morgan fingerprint density at radius 2 is 2.22 bits per heavy atom. The Morgan fingerprint density at radius 3 is 2.89 bits per heavy atom. The van der Waals surface area contributed by atoms with E-state index >= 15 is 0 Å². The third-order valence-corrected chi connectivity index (χ3v) is 3.09. The molecule has 0 bridgehead atoms. The summed E-state index contributed by atoms with van der Waals surface area (Å²) in [6, 6.07) is 6.81. The van der Waals surface area contributed by atoms with Gasteiger partial charge >= 0.3 is 6.03 Å². The lowest BCUT2D eigenvalue weighted by Crippen LogP contribution is -2.19. The van der Waals surface area contributed by atoms with Crippen LogP contribution in [0.4, 0.5) is 16.2 Å². The summed E-state index contributed by atoms with van der Waals surface area (Å²) in [7, 11) is 0. The van der Waals surface area contributed by atoms with E-state index in [2.05, 4.69) is 15.6 Å². The zero-order valence-corrected chi connectivity index (χ0v) is 10.8. The third-order valence-electron chi connectivity index (χ3n) is 2.27. The van der Waals surface area contributed by atoms with E-state index in [-0.39, 0.29) is 0 Å². The fourth-order valence-electron chi connectivity index (χ4n) is 1.53. The minimum absolute atomic E-state index is 0.567. The topological polar surface area (TPSA) is 80.0 Å². The molecule has 0 saturated carbocycles. The van der Waals surface area contributed by atoms with Crippen molar-refractivity contribution in [1.82, 2.24) is 4.98 Å². The van der Waals surface area contributed by atoms with Crippen LogP contribution in [0.5, 0.6) is 0 Å². The van der Waals surface area contributed by atoms with Gasteiger partial charge < -0.3 is 16.4 Å². The number of thiazole rings is 1. The summed E-state index contributed by atoms with van der Waals surface area (Å²) in [6.07, 6.45) is 0. The highest BCUT2D eigenvalue weighted by Gasteiger charge is 2.00. The summed E-state index contributed by atoms with van der Waals surface area (Å²) in [5, 5.41) is 8.85. The average Bonchev–Trinajstić information content (AvgIpc) is 2.72. The Hall–Kier alpha value is -2.08. The number of nitrogens with one attached hydrogen (secondary N) is 2. The molecule has 1 aromatic heterocycles. The van der Waals surface area contributed by atoms with Gasteiger partial charge in [0, 0.05) is 16.8 Å². The van der Waals surface area contributed by atoms with Gasteiger partial charge in [0.1, 0.15) is 0 Å². The summed E-state index contributed by atoms with van der Waals surface area (Å²) in [5.41, 5.74) is 7.65. The molecule has 2 amide bonds. The number of nitrogens with two attached hydrogens (primary N) is 1. The fourth-order valence-corrected chi connectivity index (χ4v) is 2.14. The van der Waals surface area contributed by atoms with Gasteiger partial charge in [-0.2, -0.15) is 0 Å². The number of carbonyl (C=O) groups is 1. The number of aromatic nitrogens is 1. The third kappa shape index (κ3) is 3.46. The van der Waals surface area contributed by atoms with Crippen LogP contribution in [0.3, 0.4) is 0 Å². The maximum absolute atomic E-state index is 10.7. The number of aryl methyl sites for hydroxylation is 1. The van der Waals surface area contributed by atoms with Crippen LogP contribution in [0.15, 0.2) is 29.6 Å². The molecule has 18 heavy (non-hydrogen) atoms. The Labute approximate surface area is 109 Å². The molecule has 0 spiro atoms. The number of amides is 2. The molecule has 0 atom stereocenters. The number of primary amides is 1. The second-order valence-corrected chi connectivity index (χ2v) is 4.84. The smallest absolute Gasteiger partial charge is 0.316 e. The van der Waals surface area contributed by atoms with Gasteiger partial charge in [-0.15, -0.1) is 11.3 Å². The molecular formula is C12H14N4OS. The van der Waals surface area contributed by atoms with Gasteiger partial charge in [0.25, 0.3) is 0 Å². The van der Waals surface area contributed by atoms with E-state index in [1.54, 1.807) is 17.4 Å². The molecule has 6 heteroatoms. The Bertz CT molecular complexity index is 553. The maximum atomic E-state index is 10.7. The van der Waals surface area contributed by atoms with Crippen molar-refractivity contribution in [2.75, 3.05) is 10.6 Å². The molecule has 94 valence electrons. The Morgan fingerprint density at radius 1 is 1.44 bits per heavy atom. The lowest BCUT2D eigenvalue weighted by molar-refractivity contribution is 0.259. The SMILES string of the molecule is Cc1nc(CNc2cccc(NC(N)=O)c2)cs1. The van der Waals surface area contributed by atoms with Crippen LogP contribution in [0.2, 0.25) is 0 Å². The van der Waals surface area contributed by atoms with Gasteiger partial charge in [-0.05, 0) is 25.1 Å². The van der Waals surface area contributed by atoms with Crippen molar-refractivity contribution in [3.05, 3.63) is 40.3 Å². The first-order chi connectivity index (χ1) is 8.63. The molecule has 2 aromatic rings. The lowest BCUT2D eigenvalue weighted by atomic mass is 10.2. The van der Waals surface area contributed by atoms with Crippen molar-refractivity contribution < 1.29 is 4.79 Å². The highest BCUT2D eigenvalue weighted by atomic mass is 32.1. The summed E-state index contributed by atoms with van der Waals surface area (Å²) in [4.78, 5) is 15.1. The van der Waals surface area contributed by atoms with Crippen LogP contribution in [-0.4, -0.2) is 11.0 Å². The quantitative estimate of drug-likeness (QED) is 0.792. The van der Waals surface area contributed by atoms with Crippen molar-refractivity contribution in [1.29, 1.82) is 0 Å². The molecule has 0 radical (unpaired) electrons. The molecule has 0 aliphatic heterocycles. The number of hydrogen-bond acceptors (Lipinski definition) is 4. The molecule has 5 nitrogen and oxygen atoms in total. The van der Waals surface area contributed by atoms with Crippen LogP contribution in [-0.2, 0) is 6.54 Å². The van der Waals surface area contributed by atoms with Gasteiger partial charge in [-0.1, -0.05) is 6.07 Å². The van der Waals surface area contributed by atoms with E-state index < -0.39 is 6.03 Å². The van der Waals surface area contributed by atoms with Gasteiger partial charge in [0.05, 0.1) is 17.2 Å². The maximum Gasteiger partial charge on any atom is 0.316 e. The number of carbonyl (C=O) groups excluding carboxylic acids is 1. The summed E-state index contributed by atoms with van der Waals surface area (Å²) < 4.78 is 0. The van der Waals surface area contributed by atoms with Crippen molar-refractivity contribution in [2.24, 2.45) is 5.73 Å². The second-order valence-electron chi connectivity index (χ2n) is 3.78. The van der Waals surface area contributed by atoms with Gasteiger partial charge in [0.2, 0.25) is 0 Å². The minimum atomic E-state index is -0.567. The van der Waals surface area contributed by atoms with E-state index in [1.807, 2.05) is 30.5 Å². The molecule has 2 rings (SSSR count). The monoisotopic (exact) mass is 262 g/mol. The van der Waals surface area contributed by atoms with Gasteiger partial charge in [-0.25, -0.2) is 9.78 Å². The normalized spacial score (nSPS) is 10.1. The first kappa shape index (κ1) is 12.4. The number of urea groups is 1. The molecule has 0 unspecified atom stereocenters. The van der Waals surface area contributed by atoms with Crippen molar-refractivity contribution in [3.8, 4) is 0 Å². The number of nitrogens with zero attached hydrogens (tertiary/aromatic N) is 1. The van der Waals surface area contributed by atoms with Crippen molar-refractivity contribution in [3.63, 3.8) is 0 Å². The minimum Gasteiger partial charge on any atom is -0.379 e. The largest absolute Gasteiger partial charge is 0.379 e. The zero-order valence-electron chi connectivity index (χ0n) is 9.93. The van der Waals surface area contributed by atoms with E-state index in [1.165, 1.54) is 0 Å². The van der Waals surface area contributed by atoms with E-state index in [0.29, 0.717) is 12.2 Å². The standard InChI is InChI=1S/C12H14N4OS/c1-8-15-11(7-18-8)6-14-9-3-2-4-10(5-9)16-12(13)17/h2-5,7,14H,6H2,1H3,(H3,13,16,17). The highest BCUT2D eigenvalue weighted by molar-refractivity contribution is 7.09. The molecule has 1 heterocycles. The molecule has 0 aliphatic carbocycles. The summed E-state index contributed by atoms with van der Waals surface area (Å²) >= 11 is 1.63. The molecule has 0 fully saturated rings. The number of benzene rings is 1. The number of hydrogen-bond donors (Lipinski definition) is 3. The van der Waals surface area contributed by atoms with Crippen LogP contribution in [0.25, 0.3) is 0 Å². The molecular weight excluding hydrogens is 248 g/mol. The molecule has 0 saturated heterocycles. The van der Waals surface area contributed by atoms with E-state index in [4.69, 9.17) is 5.73 Å². The number of anilines is 2. The van der Waals surface area contributed by atoms with Gasteiger partial charge in [-0.3, -0.25) is 0 Å². The Balaban J connectivity index is 1.98. The Kier molecular flexibility index (Phi) is 3.78. The summed E-state index contributed by atoms with van der Waals surface area (Å²) in [6.45, 7) is 2.63. The predicted octanol–water partition coefficient (Wildman–Crippen LogP) is 2.55.